The van der Waals surface area contributed by atoms with Gasteiger partial charge in [-0.25, -0.2) is 14.1 Å². The van der Waals surface area contributed by atoms with Gasteiger partial charge in [0, 0.05) is 0 Å². The maximum Gasteiger partial charge on any atom is 0.153 e. The first-order valence-corrected chi connectivity index (χ1v) is 5.65. The van der Waals surface area contributed by atoms with E-state index in [1.807, 2.05) is 13.8 Å². The Labute approximate surface area is 99.3 Å². The van der Waals surface area contributed by atoms with Crippen LogP contribution in [0.15, 0.2) is 18.3 Å². The predicted molar refractivity (Wildman–Crippen MR) is 64.5 cm³/mol. The summed E-state index contributed by atoms with van der Waals surface area (Å²) in [6, 6.07) is 2.96. The van der Waals surface area contributed by atoms with Gasteiger partial charge in [-0.3, -0.25) is 0 Å². The van der Waals surface area contributed by atoms with Gasteiger partial charge in [0.25, 0.3) is 0 Å². The van der Waals surface area contributed by atoms with Crippen LogP contribution in [0, 0.1) is 5.82 Å². The summed E-state index contributed by atoms with van der Waals surface area (Å²) in [5, 5.41) is 4.41. The van der Waals surface area contributed by atoms with Crippen LogP contribution in [-0.2, 0) is 12.8 Å². The van der Waals surface area contributed by atoms with Crippen molar-refractivity contribution >= 4 is 5.69 Å². The lowest BCUT2D eigenvalue weighted by molar-refractivity contribution is 0.618. The molecule has 0 fully saturated rings. The summed E-state index contributed by atoms with van der Waals surface area (Å²) < 4.78 is 14.5. The molecule has 2 aromatic heterocycles. The fraction of sp³-hybridized carbons (Fsp3) is 0.333. The second kappa shape index (κ2) is 4.53. The Morgan fingerprint density at radius 3 is 2.59 bits per heavy atom. The monoisotopic (exact) mass is 234 g/mol. The van der Waals surface area contributed by atoms with Crippen LogP contribution in [0.5, 0.6) is 0 Å². The summed E-state index contributed by atoms with van der Waals surface area (Å²) in [6.07, 6.45) is 2.71. The van der Waals surface area contributed by atoms with E-state index in [-0.39, 0.29) is 5.82 Å². The Balaban J connectivity index is 2.54. The van der Waals surface area contributed by atoms with Crippen LogP contribution in [0.4, 0.5) is 10.1 Å². The molecule has 0 spiro atoms. The molecule has 0 atom stereocenters. The lowest BCUT2D eigenvalue weighted by Gasteiger charge is -2.04. The Morgan fingerprint density at radius 1 is 1.29 bits per heavy atom. The maximum atomic E-state index is 12.8. The minimum absolute atomic E-state index is 0.359. The van der Waals surface area contributed by atoms with Crippen LogP contribution in [0.1, 0.15) is 25.2 Å². The zero-order chi connectivity index (χ0) is 12.4. The van der Waals surface area contributed by atoms with E-state index in [0.717, 1.165) is 24.2 Å². The number of aromatic nitrogens is 3. The fourth-order valence-electron chi connectivity index (χ4n) is 1.80. The van der Waals surface area contributed by atoms with E-state index in [0.29, 0.717) is 11.5 Å². The average molecular weight is 234 g/mol. The molecule has 0 aliphatic carbocycles. The van der Waals surface area contributed by atoms with Crippen LogP contribution in [0.2, 0.25) is 0 Å². The molecule has 2 heterocycles. The Morgan fingerprint density at radius 2 is 2.06 bits per heavy atom. The highest BCUT2D eigenvalue weighted by molar-refractivity contribution is 5.50. The molecule has 2 rings (SSSR count). The molecule has 0 unspecified atom stereocenters. The predicted octanol–water partition coefficient (Wildman–Crippen LogP) is 2.11. The molecule has 5 heteroatoms. The third-order valence-electron chi connectivity index (χ3n) is 2.70. The molecule has 0 saturated heterocycles. The number of anilines is 1. The van der Waals surface area contributed by atoms with Gasteiger partial charge in [0.1, 0.15) is 5.82 Å². The summed E-state index contributed by atoms with van der Waals surface area (Å²) in [4.78, 5) is 4.02. The molecule has 2 N–H and O–H groups in total. The zero-order valence-corrected chi connectivity index (χ0v) is 9.94. The zero-order valence-electron chi connectivity index (χ0n) is 9.94. The van der Waals surface area contributed by atoms with Gasteiger partial charge < -0.3 is 5.73 Å². The highest BCUT2D eigenvalue weighted by Crippen LogP contribution is 2.21. The molecule has 0 aromatic carbocycles. The Bertz CT molecular complexity index is 516. The number of hydrogen-bond donors (Lipinski definition) is 1. The topological polar surface area (TPSA) is 56.7 Å². The van der Waals surface area contributed by atoms with Crippen LogP contribution in [0.25, 0.3) is 5.82 Å². The number of halogens is 1. The van der Waals surface area contributed by atoms with Gasteiger partial charge in [-0.2, -0.15) is 5.10 Å². The largest absolute Gasteiger partial charge is 0.396 e. The van der Waals surface area contributed by atoms with E-state index < -0.39 is 0 Å². The number of nitrogens with zero attached hydrogens (tertiary/aromatic N) is 3. The normalized spacial score (nSPS) is 10.8. The van der Waals surface area contributed by atoms with Gasteiger partial charge in [0.05, 0.1) is 23.3 Å². The molecule has 0 aliphatic heterocycles. The number of aryl methyl sites for hydroxylation is 1. The van der Waals surface area contributed by atoms with Crippen molar-refractivity contribution in [1.29, 1.82) is 0 Å². The molecule has 2 aromatic rings. The van der Waals surface area contributed by atoms with Crippen molar-refractivity contribution in [1.82, 2.24) is 14.8 Å². The highest BCUT2D eigenvalue weighted by Gasteiger charge is 2.14. The third-order valence-corrected chi connectivity index (χ3v) is 2.70. The van der Waals surface area contributed by atoms with Gasteiger partial charge in [-0.1, -0.05) is 13.8 Å². The SMILES string of the molecule is CCc1nn(-c2ccc(F)cn2)c(CC)c1N. The average Bonchev–Trinajstić information content (AvgIpc) is 2.66. The first kappa shape index (κ1) is 11.6. The first-order valence-electron chi connectivity index (χ1n) is 5.65. The van der Waals surface area contributed by atoms with E-state index in [2.05, 4.69) is 10.1 Å². The second-order valence-corrected chi connectivity index (χ2v) is 3.76. The number of hydrogen-bond acceptors (Lipinski definition) is 3. The minimum Gasteiger partial charge on any atom is -0.396 e. The fourth-order valence-corrected chi connectivity index (χ4v) is 1.80. The first-order chi connectivity index (χ1) is 8.17. The van der Waals surface area contributed by atoms with Gasteiger partial charge >= 0.3 is 0 Å². The highest BCUT2D eigenvalue weighted by atomic mass is 19.1. The molecule has 0 saturated carbocycles. The lowest BCUT2D eigenvalue weighted by Crippen LogP contribution is -2.04. The van der Waals surface area contributed by atoms with E-state index in [1.54, 1.807) is 10.7 Å². The summed E-state index contributed by atoms with van der Waals surface area (Å²) in [5.74, 6) is 0.234. The van der Waals surface area contributed by atoms with Gasteiger partial charge in [0.15, 0.2) is 5.82 Å². The van der Waals surface area contributed by atoms with E-state index in [9.17, 15) is 4.39 Å². The van der Waals surface area contributed by atoms with Crippen molar-refractivity contribution in [3.8, 4) is 5.82 Å². The molecule has 0 bridgehead atoms. The van der Waals surface area contributed by atoms with E-state index >= 15 is 0 Å². The molecular formula is C12H15FN4. The van der Waals surface area contributed by atoms with Gasteiger partial charge in [0.2, 0.25) is 0 Å². The molecule has 90 valence electrons. The van der Waals surface area contributed by atoms with Gasteiger partial charge in [-0.05, 0) is 25.0 Å². The van der Waals surface area contributed by atoms with Crippen LogP contribution >= 0.6 is 0 Å². The molecule has 17 heavy (non-hydrogen) atoms. The van der Waals surface area contributed by atoms with Crippen LogP contribution in [-0.4, -0.2) is 14.8 Å². The molecule has 0 aliphatic rings. The van der Waals surface area contributed by atoms with E-state index in [4.69, 9.17) is 5.73 Å². The van der Waals surface area contributed by atoms with Crippen molar-refractivity contribution in [2.24, 2.45) is 0 Å². The Kier molecular flexibility index (Phi) is 3.08. The number of pyridine rings is 1. The Hall–Kier alpha value is -1.91. The van der Waals surface area contributed by atoms with E-state index in [1.165, 1.54) is 12.3 Å². The van der Waals surface area contributed by atoms with Crippen LogP contribution < -0.4 is 5.73 Å². The minimum atomic E-state index is -0.359. The summed E-state index contributed by atoms with van der Waals surface area (Å²) >= 11 is 0. The lowest BCUT2D eigenvalue weighted by atomic mass is 10.2. The smallest absolute Gasteiger partial charge is 0.153 e. The molecule has 4 nitrogen and oxygen atoms in total. The van der Waals surface area contributed by atoms with Crippen molar-refractivity contribution in [3.63, 3.8) is 0 Å². The van der Waals surface area contributed by atoms with Crippen molar-refractivity contribution in [2.75, 3.05) is 5.73 Å². The maximum absolute atomic E-state index is 12.8. The van der Waals surface area contributed by atoms with Crippen molar-refractivity contribution < 1.29 is 4.39 Å². The van der Waals surface area contributed by atoms with Crippen LogP contribution in [0.3, 0.4) is 0 Å². The third kappa shape index (κ3) is 2.00. The number of nitrogens with two attached hydrogens (primary N) is 1. The van der Waals surface area contributed by atoms with Gasteiger partial charge in [-0.15, -0.1) is 0 Å². The molecular weight excluding hydrogens is 219 g/mol. The quantitative estimate of drug-likeness (QED) is 0.884. The van der Waals surface area contributed by atoms with Crippen molar-refractivity contribution in [3.05, 3.63) is 35.5 Å². The number of rotatable bonds is 3. The summed E-state index contributed by atoms with van der Waals surface area (Å²) in [6.45, 7) is 4.01. The summed E-state index contributed by atoms with van der Waals surface area (Å²) in [5.41, 5.74) is 8.49. The number of nitrogen functional groups attached to an aromatic ring is 1. The summed E-state index contributed by atoms with van der Waals surface area (Å²) in [7, 11) is 0. The molecule has 0 radical (unpaired) electrons. The standard InChI is InChI=1S/C12H15FN4/c1-3-9-12(14)10(4-2)17(16-9)11-6-5-8(13)7-15-11/h5-7H,3-4,14H2,1-2H3. The van der Waals surface area contributed by atoms with Crippen molar-refractivity contribution in [2.45, 2.75) is 26.7 Å². The second-order valence-electron chi connectivity index (χ2n) is 3.76. The molecule has 0 amide bonds.